The minimum atomic E-state index is -4.49. The molecule has 1 N–H and O–H groups in total. The number of carboxylic acid groups (broad SMARTS) is 1. The highest BCUT2D eigenvalue weighted by Gasteiger charge is 2.54. The van der Waals surface area contributed by atoms with Crippen LogP contribution >= 0.6 is 0 Å². The normalized spacial score (nSPS) is 22.5. The summed E-state index contributed by atoms with van der Waals surface area (Å²) in [7, 11) is 0. The van der Waals surface area contributed by atoms with Crippen LogP contribution in [0.5, 0.6) is 0 Å². The Morgan fingerprint density at radius 1 is 1.08 bits per heavy atom. The molecule has 2 aromatic carbocycles. The molecule has 1 aliphatic heterocycles. The van der Waals surface area contributed by atoms with Crippen molar-refractivity contribution in [2.75, 3.05) is 18.0 Å². The van der Waals surface area contributed by atoms with Crippen molar-refractivity contribution in [3.8, 4) is 11.3 Å². The number of anilines is 1. The van der Waals surface area contributed by atoms with E-state index in [1.807, 2.05) is 18.2 Å². The number of aromatic nitrogens is 3. The summed E-state index contributed by atoms with van der Waals surface area (Å²) in [6.07, 6.45) is 2.72. The van der Waals surface area contributed by atoms with Crippen molar-refractivity contribution in [2.24, 2.45) is 17.8 Å². The quantitative estimate of drug-likeness (QED) is 0.313. The molecular weight excluding hydrogens is 509 g/mol. The Hall–Kier alpha value is -4.21. The minimum absolute atomic E-state index is 0.0392. The Morgan fingerprint density at radius 2 is 1.85 bits per heavy atom. The Balaban J connectivity index is 1.10. The smallest absolute Gasteiger partial charge is 0.417 e. The molecule has 39 heavy (non-hydrogen) atoms. The predicted molar refractivity (Wildman–Crippen MR) is 137 cm³/mol. The lowest BCUT2D eigenvalue weighted by atomic mass is 9.98. The number of fused-ring (bicyclic) bond motifs is 2. The SMILES string of the molecule is O=C(O)c1cnc2cc(N3CC4C(/C=C/c5c(-c6ccccc6C(F)(F)F)noc5C5CC5)C4C3)ccc2n1. The maximum Gasteiger partial charge on any atom is 0.417 e. The van der Waals surface area contributed by atoms with Gasteiger partial charge in [-0.2, -0.15) is 13.2 Å². The van der Waals surface area contributed by atoms with Crippen LogP contribution in [0.15, 0.2) is 59.3 Å². The number of nitrogens with zero attached hydrogens (tertiary/aromatic N) is 4. The fraction of sp³-hybridized carbons (Fsp3) is 0.310. The van der Waals surface area contributed by atoms with Gasteiger partial charge in [-0.25, -0.2) is 9.78 Å². The molecule has 1 saturated heterocycles. The van der Waals surface area contributed by atoms with Crippen molar-refractivity contribution in [3.05, 3.63) is 77.3 Å². The monoisotopic (exact) mass is 532 g/mol. The molecule has 0 spiro atoms. The van der Waals surface area contributed by atoms with Gasteiger partial charge < -0.3 is 14.5 Å². The van der Waals surface area contributed by atoms with E-state index < -0.39 is 17.7 Å². The molecule has 7 nitrogen and oxygen atoms in total. The van der Waals surface area contributed by atoms with Gasteiger partial charge in [0.2, 0.25) is 0 Å². The van der Waals surface area contributed by atoms with E-state index >= 15 is 0 Å². The molecule has 0 amide bonds. The van der Waals surface area contributed by atoms with E-state index in [0.29, 0.717) is 40.1 Å². The molecule has 0 bridgehead atoms. The summed E-state index contributed by atoms with van der Waals surface area (Å²) < 4.78 is 46.8. The van der Waals surface area contributed by atoms with Crippen LogP contribution in [0.25, 0.3) is 28.4 Å². The summed E-state index contributed by atoms with van der Waals surface area (Å²) in [5.74, 6) is 1.02. The lowest BCUT2D eigenvalue weighted by Gasteiger charge is -2.21. The molecular formula is C29H23F3N4O3. The highest BCUT2D eigenvalue weighted by Crippen LogP contribution is 2.54. The van der Waals surface area contributed by atoms with E-state index in [9.17, 15) is 18.0 Å². The van der Waals surface area contributed by atoms with Gasteiger partial charge in [-0.1, -0.05) is 35.5 Å². The molecule has 3 heterocycles. The number of carbonyl (C=O) groups is 1. The van der Waals surface area contributed by atoms with Crippen molar-refractivity contribution in [2.45, 2.75) is 24.9 Å². The molecule has 10 heteroatoms. The van der Waals surface area contributed by atoms with E-state index in [4.69, 9.17) is 9.63 Å². The van der Waals surface area contributed by atoms with Gasteiger partial charge in [0.05, 0.1) is 22.8 Å². The van der Waals surface area contributed by atoms with Crippen molar-refractivity contribution >= 4 is 28.8 Å². The molecule has 4 aromatic rings. The van der Waals surface area contributed by atoms with Crippen molar-refractivity contribution in [3.63, 3.8) is 0 Å². The molecule has 0 radical (unpaired) electrons. The van der Waals surface area contributed by atoms with E-state index in [0.717, 1.165) is 37.7 Å². The van der Waals surface area contributed by atoms with E-state index in [1.165, 1.54) is 18.3 Å². The molecule has 3 fully saturated rings. The third-order valence-electron chi connectivity index (χ3n) is 8.05. The van der Waals surface area contributed by atoms with Gasteiger partial charge in [-0.3, -0.25) is 4.98 Å². The fourth-order valence-corrected chi connectivity index (χ4v) is 5.82. The number of carboxylic acids is 1. The lowest BCUT2D eigenvalue weighted by Crippen LogP contribution is -2.23. The largest absolute Gasteiger partial charge is 0.476 e. The number of hydrogen-bond acceptors (Lipinski definition) is 6. The standard InChI is InChI=1S/C29H23F3N4O3/c30-29(31,32)22-4-2-1-3-18(22)26-19(27(39-35-26)15-5-6-15)9-8-17-20-13-36(14-21(17)20)16-7-10-23-24(11-16)33-12-25(34-23)28(37)38/h1-4,7-12,15,17,20-21H,5-6,13-14H2,(H,37,38)/b9-8+. The van der Waals surface area contributed by atoms with Crippen molar-refractivity contribution in [1.29, 1.82) is 0 Å². The van der Waals surface area contributed by atoms with Crippen LogP contribution in [0.1, 0.15) is 46.1 Å². The van der Waals surface area contributed by atoms with E-state index in [-0.39, 0.29) is 22.9 Å². The van der Waals surface area contributed by atoms with E-state index in [1.54, 1.807) is 12.1 Å². The topological polar surface area (TPSA) is 92.3 Å². The third-order valence-corrected chi connectivity index (χ3v) is 8.05. The first-order valence-corrected chi connectivity index (χ1v) is 12.9. The third kappa shape index (κ3) is 4.24. The van der Waals surface area contributed by atoms with Crippen LogP contribution in [0.2, 0.25) is 0 Å². The van der Waals surface area contributed by atoms with Gasteiger partial charge in [0.1, 0.15) is 11.5 Å². The minimum Gasteiger partial charge on any atom is -0.476 e. The second kappa shape index (κ2) is 8.65. The lowest BCUT2D eigenvalue weighted by molar-refractivity contribution is -0.137. The average molecular weight is 533 g/mol. The molecule has 2 atom stereocenters. The second-order valence-electron chi connectivity index (χ2n) is 10.5. The maximum atomic E-state index is 13.7. The van der Waals surface area contributed by atoms with Crippen molar-refractivity contribution < 1.29 is 27.6 Å². The molecule has 2 aliphatic carbocycles. The van der Waals surface area contributed by atoms with Crippen LogP contribution in [-0.2, 0) is 6.18 Å². The predicted octanol–water partition coefficient (Wildman–Crippen LogP) is 6.27. The van der Waals surface area contributed by atoms with Gasteiger partial charge in [0.15, 0.2) is 5.69 Å². The van der Waals surface area contributed by atoms with Gasteiger partial charge in [-0.05, 0) is 54.9 Å². The van der Waals surface area contributed by atoms with Gasteiger partial charge in [0, 0.05) is 35.8 Å². The summed E-state index contributed by atoms with van der Waals surface area (Å²) in [5.41, 5.74) is 2.33. The maximum absolute atomic E-state index is 13.7. The Labute approximate surface area is 221 Å². The Morgan fingerprint density at radius 3 is 2.56 bits per heavy atom. The number of rotatable bonds is 6. The molecule has 2 aromatic heterocycles. The number of benzene rings is 2. The van der Waals surface area contributed by atoms with Crippen LogP contribution in [0, 0.1) is 17.8 Å². The number of halogens is 3. The second-order valence-corrected chi connectivity index (χ2v) is 10.5. The molecule has 3 aliphatic rings. The summed E-state index contributed by atoms with van der Waals surface area (Å²) in [4.78, 5) is 21.8. The highest BCUT2D eigenvalue weighted by atomic mass is 19.4. The molecule has 198 valence electrons. The Kier molecular flexibility index (Phi) is 5.30. The average Bonchev–Trinajstić information content (AvgIpc) is 3.78. The molecule has 7 rings (SSSR count). The molecule has 2 saturated carbocycles. The summed E-state index contributed by atoms with van der Waals surface area (Å²) >= 11 is 0. The van der Waals surface area contributed by atoms with Gasteiger partial charge in [-0.15, -0.1) is 0 Å². The summed E-state index contributed by atoms with van der Waals surface area (Å²) in [5, 5.41) is 13.2. The van der Waals surface area contributed by atoms with Crippen LogP contribution in [0.4, 0.5) is 18.9 Å². The highest BCUT2D eigenvalue weighted by molar-refractivity contribution is 5.88. The fourth-order valence-electron chi connectivity index (χ4n) is 5.82. The molecule has 2 unspecified atom stereocenters. The van der Waals surface area contributed by atoms with Crippen molar-refractivity contribution in [1.82, 2.24) is 15.1 Å². The van der Waals surface area contributed by atoms with Crippen LogP contribution in [0.3, 0.4) is 0 Å². The Bertz CT molecular complexity index is 1630. The summed E-state index contributed by atoms with van der Waals surface area (Å²) in [6, 6.07) is 11.2. The van der Waals surface area contributed by atoms with Gasteiger partial charge >= 0.3 is 12.1 Å². The zero-order chi connectivity index (χ0) is 26.9. The number of alkyl halides is 3. The zero-order valence-electron chi connectivity index (χ0n) is 20.6. The van der Waals surface area contributed by atoms with Crippen LogP contribution < -0.4 is 4.90 Å². The van der Waals surface area contributed by atoms with Crippen LogP contribution in [-0.4, -0.2) is 39.3 Å². The first-order chi connectivity index (χ1) is 18.8. The number of hydrogen-bond donors (Lipinski definition) is 1. The number of piperidine rings is 1. The first kappa shape index (κ1) is 23.9. The summed E-state index contributed by atoms with van der Waals surface area (Å²) in [6.45, 7) is 1.71. The number of allylic oxidation sites excluding steroid dienone is 1. The van der Waals surface area contributed by atoms with E-state index in [2.05, 4.69) is 26.1 Å². The zero-order valence-corrected chi connectivity index (χ0v) is 20.6. The van der Waals surface area contributed by atoms with Gasteiger partial charge in [0.25, 0.3) is 0 Å². The first-order valence-electron chi connectivity index (χ1n) is 12.9. The number of aromatic carboxylic acids is 1.